The van der Waals surface area contributed by atoms with Crippen molar-refractivity contribution in [3.8, 4) is 0 Å². The molecule has 0 unspecified atom stereocenters. The Hall–Kier alpha value is -2.19. The molecule has 0 saturated carbocycles. The maximum atomic E-state index is 12.8. The fourth-order valence-electron chi connectivity index (χ4n) is 1.61. The lowest BCUT2D eigenvalue weighted by molar-refractivity contribution is 0.102. The molecule has 3 aromatic rings. The van der Waals surface area contributed by atoms with Crippen molar-refractivity contribution in [1.29, 1.82) is 0 Å². The average Bonchev–Trinajstić information content (AvgIpc) is 3.18. The predicted octanol–water partition coefficient (Wildman–Crippen LogP) is 3.81. The van der Waals surface area contributed by atoms with Gasteiger partial charge in [-0.05, 0) is 23.8 Å². The molecule has 5 nitrogen and oxygen atoms in total. The summed E-state index contributed by atoms with van der Waals surface area (Å²) in [6.45, 7) is 0. The van der Waals surface area contributed by atoms with Crippen molar-refractivity contribution in [3.63, 3.8) is 0 Å². The van der Waals surface area contributed by atoms with Crippen molar-refractivity contribution < 1.29 is 13.6 Å². The van der Waals surface area contributed by atoms with E-state index >= 15 is 0 Å². The number of rotatable bonds is 5. The first-order chi connectivity index (χ1) is 10.7. The molecular weight excluding hydrogens is 325 g/mol. The van der Waals surface area contributed by atoms with Crippen molar-refractivity contribution in [3.05, 3.63) is 59.8 Å². The van der Waals surface area contributed by atoms with Gasteiger partial charge in [0.2, 0.25) is 5.13 Å². The summed E-state index contributed by atoms with van der Waals surface area (Å²) in [6, 6.07) is 7.87. The summed E-state index contributed by atoms with van der Waals surface area (Å²) >= 11 is 2.76. The van der Waals surface area contributed by atoms with E-state index in [2.05, 4.69) is 15.5 Å². The second-order valence-corrected chi connectivity index (χ2v) is 6.45. The first-order valence-corrected chi connectivity index (χ1v) is 8.05. The fourth-order valence-corrected chi connectivity index (χ4v) is 3.31. The van der Waals surface area contributed by atoms with Gasteiger partial charge in [0.1, 0.15) is 12.1 Å². The normalized spacial score (nSPS) is 10.6. The summed E-state index contributed by atoms with van der Waals surface area (Å²) in [7, 11) is 0. The Morgan fingerprint density at radius 1 is 1.27 bits per heavy atom. The van der Waals surface area contributed by atoms with E-state index in [9.17, 15) is 9.18 Å². The summed E-state index contributed by atoms with van der Waals surface area (Å²) in [5.74, 6) is 0.110. The average molecular weight is 335 g/mol. The largest absolute Gasteiger partial charge is 0.472 e. The number of hydrogen-bond donors (Lipinski definition) is 1. The van der Waals surface area contributed by atoms with Gasteiger partial charge in [0.15, 0.2) is 4.34 Å². The van der Waals surface area contributed by atoms with E-state index in [-0.39, 0.29) is 11.7 Å². The molecule has 0 atom stereocenters. The third kappa shape index (κ3) is 3.71. The van der Waals surface area contributed by atoms with Crippen LogP contribution in [0.1, 0.15) is 15.9 Å². The van der Waals surface area contributed by atoms with Gasteiger partial charge in [-0.15, -0.1) is 10.2 Å². The van der Waals surface area contributed by atoms with Crippen molar-refractivity contribution in [2.45, 2.75) is 10.1 Å². The van der Waals surface area contributed by atoms with Crippen LogP contribution < -0.4 is 5.32 Å². The number of halogens is 1. The second-order valence-electron chi connectivity index (χ2n) is 4.25. The van der Waals surface area contributed by atoms with Crippen molar-refractivity contribution in [1.82, 2.24) is 10.2 Å². The lowest BCUT2D eigenvalue weighted by Gasteiger charge is -1.98. The number of thioether (sulfide) groups is 1. The van der Waals surface area contributed by atoms with Crippen LogP contribution in [0.2, 0.25) is 0 Å². The van der Waals surface area contributed by atoms with Crippen LogP contribution in [-0.2, 0) is 5.75 Å². The van der Waals surface area contributed by atoms with Gasteiger partial charge in [-0.3, -0.25) is 10.1 Å². The highest BCUT2D eigenvalue weighted by molar-refractivity contribution is 8.00. The molecule has 22 heavy (non-hydrogen) atoms. The summed E-state index contributed by atoms with van der Waals surface area (Å²) in [5.41, 5.74) is 1.42. The molecule has 1 aromatic carbocycles. The zero-order valence-corrected chi connectivity index (χ0v) is 12.8. The van der Waals surface area contributed by atoms with Gasteiger partial charge < -0.3 is 4.42 Å². The molecular formula is C14H10FN3O2S2. The maximum absolute atomic E-state index is 12.8. The number of amides is 1. The van der Waals surface area contributed by atoms with Gasteiger partial charge in [0, 0.05) is 5.75 Å². The summed E-state index contributed by atoms with van der Waals surface area (Å²) in [5, 5.41) is 11.0. The van der Waals surface area contributed by atoms with Gasteiger partial charge in [0.25, 0.3) is 5.91 Å². The van der Waals surface area contributed by atoms with E-state index in [0.717, 1.165) is 9.90 Å². The van der Waals surface area contributed by atoms with E-state index in [1.807, 2.05) is 0 Å². The minimum absolute atomic E-state index is 0.256. The Labute approximate surface area is 133 Å². The Bertz CT molecular complexity index is 757. The molecule has 0 aliphatic carbocycles. The SMILES string of the molecule is O=C(Nc1nnc(SCc2ccc(F)cc2)s1)c1ccoc1. The van der Waals surface area contributed by atoms with E-state index in [1.165, 1.54) is 47.8 Å². The van der Waals surface area contributed by atoms with E-state index in [4.69, 9.17) is 4.42 Å². The number of carbonyl (C=O) groups excluding carboxylic acids is 1. The molecule has 3 rings (SSSR count). The number of carbonyl (C=O) groups is 1. The van der Waals surface area contributed by atoms with Crippen LogP contribution in [0.25, 0.3) is 0 Å². The molecule has 1 N–H and O–H groups in total. The first kappa shape index (κ1) is 14.7. The Morgan fingerprint density at radius 2 is 2.09 bits per heavy atom. The number of furan rings is 1. The lowest BCUT2D eigenvalue weighted by atomic mass is 10.2. The third-order valence-corrected chi connectivity index (χ3v) is 4.73. The van der Waals surface area contributed by atoms with E-state index in [1.54, 1.807) is 18.2 Å². The lowest BCUT2D eigenvalue weighted by Crippen LogP contribution is -2.10. The molecule has 0 bridgehead atoms. The van der Waals surface area contributed by atoms with Crippen LogP contribution in [-0.4, -0.2) is 16.1 Å². The van der Waals surface area contributed by atoms with Crippen molar-refractivity contribution in [2.24, 2.45) is 0 Å². The van der Waals surface area contributed by atoms with E-state index in [0.29, 0.717) is 16.4 Å². The molecule has 0 aliphatic heterocycles. The summed E-state index contributed by atoms with van der Waals surface area (Å²) in [6.07, 6.45) is 2.79. The molecule has 0 saturated heterocycles. The predicted molar refractivity (Wildman–Crippen MR) is 82.5 cm³/mol. The maximum Gasteiger partial charge on any atom is 0.260 e. The van der Waals surface area contributed by atoms with Crippen molar-refractivity contribution in [2.75, 3.05) is 5.32 Å². The Balaban J connectivity index is 1.57. The summed E-state index contributed by atoms with van der Waals surface area (Å²) < 4.78 is 18.4. The quantitative estimate of drug-likeness (QED) is 0.567. The molecule has 8 heteroatoms. The Morgan fingerprint density at radius 3 is 2.82 bits per heavy atom. The second kappa shape index (κ2) is 6.71. The minimum atomic E-state index is -0.292. The van der Waals surface area contributed by atoms with Crippen LogP contribution >= 0.6 is 23.1 Å². The highest BCUT2D eigenvalue weighted by Crippen LogP contribution is 2.28. The molecule has 0 fully saturated rings. The van der Waals surface area contributed by atoms with Gasteiger partial charge in [0.05, 0.1) is 11.8 Å². The van der Waals surface area contributed by atoms with Gasteiger partial charge in [-0.2, -0.15) is 0 Å². The van der Waals surface area contributed by atoms with Gasteiger partial charge in [-0.1, -0.05) is 35.2 Å². The monoisotopic (exact) mass is 335 g/mol. The van der Waals surface area contributed by atoms with Crippen molar-refractivity contribution >= 4 is 34.1 Å². The van der Waals surface area contributed by atoms with Crippen LogP contribution in [0.4, 0.5) is 9.52 Å². The zero-order valence-electron chi connectivity index (χ0n) is 11.2. The molecule has 2 aromatic heterocycles. The molecule has 112 valence electrons. The van der Waals surface area contributed by atoms with E-state index < -0.39 is 0 Å². The smallest absolute Gasteiger partial charge is 0.260 e. The van der Waals surface area contributed by atoms with Crippen LogP contribution in [0.5, 0.6) is 0 Å². The van der Waals surface area contributed by atoms with Crippen LogP contribution in [0.3, 0.4) is 0 Å². The number of anilines is 1. The fraction of sp³-hybridized carbons (Fsp3) is 0.0714. The number of aromatic nitrogens is 2. The highest BCUT2D eigenvalue weighted by Gasteiger charge is 2.11. The first-order valence-electron chi connectivity index (χ1n) is 6.25. The van der Waals surface area contributed by atoms with Gasteiger partial charge >= 0.3 is 0 Å². The number of nitrogens with zero attached hydrogens (tertiary/aromatic N) is 2. The summed E-state index contributed by atoms with van der Waals surface area (Å²) in [4.78, 5) is 11.8. The minimum Gasteiger partial charge on any atom is -0.472 e. The Kier molecular flexibility index (Phi) is 4.50. The number of nitrogens with one attached hydrogen (secondary N) is 1. The highest BCUT2D eigenvalue weighted by atomic mass is 32.2. The number of benzene rings is 1. The number of hydrogen-bond acceptors (Lipinski definition) is 6. The topological polar surface area (TPSA) is 68.0 Å². The molecule has 0 aliphatic rings. The molecule has 0 spiro atoms. The third-order valence-electron chi connectivity index (χ3n) is 2.69. The molecule has 0 radical (unpaired) electrons. The zero-order chi connectivity index (χ0) is 15.4. The van der Waals surface area contributed by atoms with Gasteiger partial charge in [-0.25, -0.2) is 4.39 Å². The van der Waals surface area contributed by atoms with Crippen LogP contribution in [0.15, 0.2) is 51.6 Å². The molecule has 2 heterocycles. The van der Waals surface area contributed by atoms with Crippen LogP contribution in [0, 0.1) is 5.82 Å². The standard InChI is InChI=1S/C14H10FN3O2S2/c15-11-3-1-9(2-4-11)8-21-14-18-17-13(22-14)16-12(19)10-5-6-20-7-10/h1-7H,8H2,(H,16,17,19). The molecule has 1 amide bonds.